The Bertz CT molecular complexity index is 268. The molecule has 0 amide bonds. The van der Waals surface area contributed by atoms with Crippen LogP contribution in [0.1, 0.15) is 11.3 Å². The number of nitrogens with two attached hydrogens (primary N) is 1. The number of nitrogens with zero attached hydrogens (tertiary/aromatic N) is 2. The number of aromatic nitrogens is 2. The highest BCUT2D eigenvalue weighted by atomic mass is 15.3. The van der Waals surface area contributed by atoms with Gasteiger partial charge < -0.3 is 5.73 Å². The molecule has 0 aliphatic rings. The quantitative estimate of drug-likeness (QED) is 0.688. The van der Waals surface area contributed by atoms with Gasteiger partial charge in [0.25, 0.3) is 0 Å². The first-order valence-corrected chi connectivity index (χ1v) is 3.28. The monoisotopic (exact) mass is 149 g/mol. The minimum Gasteiger partial charge on any atom is -0.382 e. The summed E-state index contributed by atoms with van der Waals surface area (Å²) < 4.78 is 1.68. The van der Waals surface area contributed by atoms with Crippen LogP contribution in [0.4, 0.5) is 5.82 Å². The van der Waals surface area contributed by atoms with Crippen molar-refractivity contribution in [1.82, 2.24) is 9.78 Å². The van der Waals surface area contributed by atoms with E-state index < -0.39 is 0 Å². The molecule has 1 aromatic rings. The van der Waals surface area contributed by atoms with Gasteiger partial charge in [0.1, 0.15) is 0 Å². The summed E-state index contributed by atoms with van der Waals surface area (Å²) in [5, 5.41) is 4.00. The van der Waals surface area contributed by atoms with E-state index in [1.165, 1.54) is 0 Å². The number of hydrogen-bond acceptors (Lipinski definition) is 2. The summed E-state index contributed by atoms with van der Waals surface area (Å²) in [7, 11) is 1.82. The fourth-order valence-electron chi connectivity index (χ4n) is 1.03. The summed E-state index contributed by atoms with van der Waals surface area (Å²) in [6, 6.07) is 0. The van der Waals surface area contributed by atoms with Gasteiger partial charge in [-0.2, -0.15) is 5.10 Å². The second-order valence-electron chi connectivity index (χ2n) is 2.22. The van der Waals surface area contributed by atoms with Gasteiger partial charge in [-0.25, -0.2) is 0 Å². The molecule has 0 unspecified atom stereocenters. The lowest BCUT2D eigenvalue weighted by Gasteiger charge is -1.93. The number of nitrogen functional groups attached to an aromatic ring is 1. The summed E-state index contributed by atoms with van der Waals surface area (Å²) in [5.41, 5.74) is 7.33. The lowest BCUT2D eigenvalue weighted by molar-refractivity contribution is 0.764. The molecule has 0 aliphatic heterocycles. The van der Waals surface area contributed by atoms with Crippen molar-refractivity contribution in [1.29, 1.82) is 0 Å². The fraction of sp³-hybridized carbons (Fsp3) is 0.125. The van der Waals surface area contributed by atoms with Crippen LogP contribution in [0, 0.1) is 0 Å². The molecule has 0 spiro atoms. The molecule has 1 rings (SSSR count). The van der Waals surface area contributed by atoms with Crippen molar-refractivity contribution in [3.8, 4) is 0 Å². The molecule has 0 atom stereocenters. The predicted molar refractivity (Wildman–Crippen MR) is 47.8 cm³/mol. The highest BCUT2D eigenvalue weighted by Crippen LogP contribution is 2.17. The average molecular weight is 149 g/mol. The maximum absolute atomic E-state index is 5.58. The van der Waals surface area contributed by atoms with Crippen LogP contribution in [0.5, 0.6) is 0 Å². The first-order valence-electron chi connectivity index (χ1n) is 3.28. The molecule has 3 nitrogen and oxygen atoms in total. The van der Waals surface area contributed by atoms with Gasteiger partial charge in [0.15, 0.2) is 5.82 Å². The van der Waals surface area contributed by atoms with Crippen molar-refractivity contribution in [2.45, 2.75) is 0 Å². The van der Waals surface area contributed by atoms with Gasteiger partial charge in [-0.15, -0.1) is 0 Å². The SMILES string of the molecule is C=Cc1c(N)nn(C)c1C=C. The Morgan fingerprint density at radius 2 is 2.09 bits per heavy atom. The second-order valence-corrected chi connectivity index (χ2v) is 2.22. The summed E-state index contributed by atoms with van der Waals surface area (Å²) in [6.07, 6.45) is 3.39. The zero-order valence-corrected chi connectivity index (χ0v) is 6.54. The van der Waals surface area contributed by atoms with Gasteiger partial charge in [-0.3, -0.25) is 4.68 Å². The molecule has 0 fully saturated rings. The number of aryl methyl sites for hydroxylation is 1. The van der Waals surface area contributed by atoms with Crippen LogP contribution >= 0.6 is 0 Å². The van der Waals surface area contributed by atoms with Crippen molar-refractivity contribution >= 4 is 18.0 Å². The minimum atomic E-state index is 0.498. The van der Waals surface area contributed by atoms with Crippen molar-refractivity contribution < 1.29 is 0 Å². The van der Waals surface area contributed by atoms with Crippen molar-refractivity contribution in [2.75, 3.05) is 5.73 Å². The third-order valence-corrected chi connectivity index (χ3v) is 1.56. The van der Waals surface area contributed by atoms with Crippen LogP contribution in [0.3, 0.4) is 0 Å². The van der Waals surface area contributed by atoms with Gasteiger partial charge in [0.05, 0.1) is 5.69 Å². The maximum atomic E-state index is 5.58. The van der Waals surface area contributed by atoms with E-state index in [1.807, 2.05) is 7.05 Å². The molecule has 0 saturated carbocycles. The molecule has 0 aromatic carbocycles. The molecule has 2 N–H and O–H groups in total. The van der Waals surface area contributed by atoms with E-state index in [9.17, 15) is 0 Å². The topological polar surface area (TPSA) is 43.8 Å². The summed E-state index contributed by atoms with van der Waals surface area (Å²) >= 11 is 0. The standard InChI is InChI=1S/C8H11N3/c1-4-6-7(5-2)11(3)10-8(6)9/h4-5H,1-2H2,3H3,(H2,9,10). The molecule has 1 aromatic heterocycles. The normalized spacial score (nSPS) is 9.55. The molecule has 0 radical (unpaired) electrons. The van der Waals surface area contributed by atoms with Crippen molar-refractivity contribution in [2.24, 2.45) is 7.05 Å². The maximum Gasteiger partial charge on any atom is 0.153 e. The summed E-state index contributed by atoms with van der Waals surface area (Å²) in [4.78, 5) is 0. The molecule has 58 valence electrons. The molecular weight excluding hydrogens is 138 g/mol. The summed E-state index contributed by atoms with van der Waals surface area (Å²) in [6.45, 7) is 7.28. The Balaban J connectivity index is 3.39. The Morgan fingerprint density at radius 3 is 2.45 bits per heavy atom. The average Bonchev–Trinajstić information content (AvgIpc) is 2.24. The van der Waals surface area contributed by atoms with Gasteiger partial charge in [0.2, 0.25) is 0 Å². The van der Waals surface area contributed by atoms with Gasteiger partial charge >= 0.3 is 0 Å². The minimum absolute atomic E-state index is 0.498. The zero-order valence-electron chi connectivity index (χ0n) is 6.54. The Morgan fingerprint density at radius 1 is 1.45 bits per heavy atom. The largest absolute Gasteiger partial charge is 0.382 e. The molecule has 1 heterocycles. The Hall–Kier alpha value is -1.51. The number of rotatable bonds is 2. The van der Waals surface area contributed by atoms with E-state index in [4.69, 9.17) is 5.73 Å². The molecule has 11 heavy (non-hydrogen) atoms. The van der Waals surface area contributed by atoms with E-state index in [0.29, 0.717) is 5.82 Å². The van der Waals surface area contributed by atoms with Crippen LogP contribution in [-0.2, 0) is 7.05 Å². The van der Waals surface area contributed by atoms with E-state index in [-0.39, 0.29) is 0 Å². The lowest BCUT2D eigenvalue weighted by Crippen LogP contribution is -1.93. The first kappa shape index (κ1) is 7.60. The van der Waals surface area contributed by atoms with Crippen LogP contribution in [0.15, 0.2) is 13.2 Å². The first-order chi connectivity index (χ1) is 5.20. The zero-order chi connectivity index (χ0) is 8.43. The van der Waals surface area contributed by atoms with Gasteiger partial charge in [-0.1, -0.05) is 19.2 Å². The fourth-order valence-corrected chi connectivity index (χ4v) is 1.03. The van der Waals surface area contributed by atoms with E-state index in [0.717, 1.165) is 11.3 Å². The van der Waals surface area contributed by atoms with Crippen molar-refractivity contribution in [3.05, 3.63) is 24.4 Å². The highest BCUT2D eigenvalue weighted by Gasteiger charge is 2.06. The van der Waals surface area contributed by atoms with Crippen LogP contribution in [0.2, 0.25) is 0 Å². The van der Waals surface area contributed by atoms with Crippen LogP contribution in [0.25, 0.3) is 12.2 Å². The van der Waals surface area contributed by atoms with Crippen molar-refractivity contribution in [3.63, 3.8) is 0 Å². The van der Waals surface area contributed by atoms with Crippen LogP contribution < -0.4 is 5.73 Å². The molecule has 0 bridgehead atoms. The predicted octanol–water partition coefficient (Wildman–Crippen LogP) is 1.29. The molecule has 0 aliphatic carbocycles. The molecule has 3 heteroatoms. The number of anilines is 1. The van der Waals surface area contributed by atoms with Gasteiger partial charge in [-0.05, 0) is 6.08 Å². The van der Waals surface area contributed by atoms with E-state index in [2.05, 4.69) is 18.3 Å². The van der Waals surface area contributed by atoms with E-state index >= 15 is 0 Å². The smallest absolute Gasteiger partial charge is 0.153 e. The van der Waals surface area contributed by atoms with E-state index in [1.54, 1.807) is 16.8 Å². The Kier molecular flexibility index (Phi) is 1.81. The second kappa shape index (κ2) is 2.62. The Labute approximate surface area is 65.8 Å². The molecule has 0 saturated heterocycles. The molecular formula is C8H11N3. The number of hydrogen-bond donors (Lipinski definition) is 1. The van der Waals surface area contributed by atoms with Crippen LogP contribution in [-0.4, -0.2) is 9.78 Å². The lowest BCUT2D eigenvalue weighted by atomic mass is 10.2. The summed E-state index contributed by atoms with van der Waals surface area (Å²) in [5.74, 6) is 0.498. The third-order valence-electron chi connectivity index (χ3n) is 1.56. The highest BCUT2D eigenvalue weighted by molar-refractivity contribution is 5.69. The van der Waals surface area contributed by atoms with Gasteiger partial charge in [0, 0.05) is 12.6 Å². The third kappa shape index (κ3) is 1.05.